The third-order valence-corrected chi connectivity index (χ3v) is 2.98. The standard InChI is InChI=1S/C17H16FN3O2/c1-2-16(22)20-15-8-6-13(7-9-15)17(23)21-19-11-12-4-3-5-14(18)10-12/h3-11H,2H2,1H3,(H,20,22)(H,21,23). The maximum Gasteiger partial charge on any atom is 0.271 e. The molecule has 23 heavy (non-hydrogen) atoms. The first-order chi connectivity index (χ1) is 11.1. The van der Waals surface area contributed by atoms with Crippen LogP contribution in [-0.2, 0) is 4.79 Å². The Balaban J connectivity index is 1.94. The van der Waals surface area contributed by atoms with E-state index in [0.717, 1.165) is 0 Å². The maximum absolute atomic E-state index is 13.0. The Kier molecular flexibility index (Phi) is 5.57. The number of hydrazone groups is 1. The molecule has 0 unspecified atom stereocenters. The van der Waals surface area contributed by atoms with Crippen molar-refractivity contribution in [3.8, 4) is 0 Å². The van der Waals surface area contributed by atoms with Gasteiger partial charge in [-0.3, -0.25) is 9.59 Å². The number of anilines is 1. The van der Waals surface area contributed by atoms with Crippen molar-refractivity contribution in [1.29, 1.82) is 0 Å². The topological polar surface area (TPSA) is 70.6 Å². The van der Waals surface area contributed by atoms with Crippen molar-refractivity contribution in [3.05, 3.63) is 65.5 Å². The summed E-state index contributed by atoms with van der Waals surface area (Å²) < 4.78 is 13.0. The van der Waals surface area contributed by atoms with E-state index in [0.29, 0.717) is 23.2 Å². The zero-order valence-corrected chi connectivity index (χ0v) is 12.5. The predicted molar refractivity (Wildman–Crippen MR) is 86.8 cm³/mol. The van der Waals surface area contributed by atoms with Crippen molar-refractivity contribution >= 4 is 23.7 Å². The van der Waals surface area contributed by atoms with E-state index in [2.05, 4.69) is 15.8 Å². The van der Waals surface area contributed by atoms with Crippen LogP contribution in [-0.4, -0.2) is 18.0 Å². The summed E-state index contributed by atoms with van der Waals surface area (Å²) in [6.45, 7) is 1.76. The first kappa shape index (κ1) is 16.4. The van der Waals surface area contributed by atoms with Gasteiger partial charge in [0, 0.05) is 17.7 Å². The molecular weight excluding hydrogens is 297 g/mol. The molecule has 0 atom stereocenters. The van der Waals surface area contributed by atoms with Crippen molar-refractivity contribution in [2.24, 2.45) is 5.10 Å². The third kappa shape index (κ3) is 5.03. The lowest BCUT2D eigenvalue weighted by molar-refractivity contribution is -0.115. The van der Waals surface area contributed by atoms with Gasteiger partial charge in [0.1, 0.15) is 5.82 Å². The van der Waals surface area contributed by atoms with Gasteiger partial charge in [-0.2, -0.15) is 5.10 Å². The Bertz CT molecular complexity index is 727. The van der Waals surface area contributed by atoms with E-state index in [4.69, 9.17) is 0 Å². The van der Waals surface area contributed by atoms with E-state index in [9.17, 15) is 14.0 Å². The molecule has 118 valence electrons. The minimum Gasteiger partial charge on any atom is -0.326 e. The minimum atomic E-state index is -0.397. The summed E-state index contributed by atoms with van der Waals surface area (Å²) in [6, 6.07) is 12.3. The highest BCUT2D eigenvalue weighted by Gasteiger charge is 2.05. The summed E-state index contributed by atoms with van der Waals surface area (Å²) in [5, 5.41) is 6.47. The lowest BCUT2D eigenvalue weighted by Crippen LogP contribution is -2.17. The van der Waals surface area contributed by atoms with Crippen LogP contribution < -0.4 is 10.7 Å². The zero-order chi connectivity index (χ0) is 16.7. The highest BCUT2D eigenvalue weighted by Crippen LogP contribution is 2.10. The number of benzene rings is 2. The van der Waals surface area contributed by atoms with Crippen molar-refractivity contribution in [1.82, 2.24) is 5.43 Å². The van der Waals surface area contributed by atoms with Crippen molar-refractivity contribution in [2.45, 2.75) is 13.3 Å². The van der Waals surface area contributed by atoms with Gasteiger partial charge in [-0.25, -0.2) is 9.82 Å². The number of carbonyl (C=O) groups excluding carboxylic acids is 2. The lowest BCUT2D eigenvalue weighted by Gasteiger charge is -2.04. The average Bonchev–Trinajstić information content (AvgIpc) is 2.55. The normalized spacial score (nSPS) is 10.5. The van der Waals surface area contributed by atoms with E-state index < -0.39 is 5.91 Å². The second-order valence-electron chi connectivity index (χ2n) is 4.73. The fraction of sp³-hybridized carbons (Fsp3) is 0.118. The van der Waals surface area contributed by atoms with E-state index in [-0.39, 0.29) is 11.7 Å². The molecule has 0 radical (unpaired) electrons. The van der Waals surface area contributed by atoms with Gasteiger partial charge < -0.3 is 5.32 Å². The van der Waals surface area contributed by atoms with Crippen LogP contribution in [0.1, 0.15) is 29.3 Å². The molecule has 0 heterocycles. The number of amides is 2. The Morgan fingerprint density at radius 1 is 1.17 bits per heavy atom. The molecule has 0 aliphatic carbocycles. The minimum absolute atomic E-state index is 0.0955. The van der Waals surface area contributed by atoms with Crippen LogP contribution in [0.15, 0.2) is 53.6 Å². The Labute approximate surface area is 133 Å². The number of hydrogen-bond acceptors (Lipinski definition) is 3. The Hall–Kier alpha value is -3.02. The number of nitrogens with zero attached hydrogens (tertiary/aromatic N) is 1. The van der Waals surface area contributed by atoms with Gasteiger partial charge in [-0.1, -0.05) is 19.1 Å². The van der Waals surface area contributed by atoms with Crippen LogP contribution in [0, 0.1) is 5.82 Å². The van der Waals surface area contributed by atoms with Crippen LogP contribution >= 0.6 is 0 Å². The summed E-state index contributed by atoms with van der Waals surface area (Å²) >= 11 is 0. The maximum atomic E-state index is 13.0. The van der Waals surface area contributed by atoms with Gasteiger partial charge in [0.25, 0.3) is 5.91 Å². The molecule has 0 fully saturated rings. The van der Waals surface area contributed by atoms with Gasteiger partial charge in [-0.15, -0.1) is 0 Å². The first-order valence-electron chi connectivity index (χ1n) is 7.07. The summed E-state index contributed by atoms with van der Waals surface area (Å²) in [5.74, 6) is -0.863. The zero-order valence-electron chi connectivity index (χ0n) is 12.5. The highest BCUT2D eigenvalue weighted by molar-refractivity contribution is 5.96. The molecule has 2 N–H and O–H groups in total. The molecule has 2 aromatic rings. The highest BCUT2D eigenvalue weighted by atomic mass is 19.1. The Morgan fingerprint density at radius 3 is 2.57 bits per heavy atom. The second-order valence-corrected chi connectivity index (χ2v) is 4.73. The Morgan fingerprint density at radius 2 is 1.91 bits per heavy atom. The molecule has 2 aromatic carbocycles. The molecule has 5 nitrogen and oxygen atoms in total. The number of hydrogen-bond donors (Lipinski definition) is 2. The monoisotopic (exact) mass is 313 g/mol. The van der Waals surface area contributed by atoms with Crippen molar-refractivity contribution < 1.29 is 14.0 Å². The smallest absolute Gasteiger partial charge is 0.271 e. The number of rotatable bonds is 5. The lowest BCUT2D eigenvalue weighted by atomic mass is 10.2. The SMILES string of the molecule is CCC(=O)Nc1ccc(C(=O)NN=Cc2cccc(F)c2)cc1. The van der Waals surface area contributed by atoms with Gasteiger partial charge in [0.2, 0.25) is 5.91 Å². The van der Waals surface area contributed by atoms with Crippen molar-refractivity contribution in [2.75, 3.05) is 5.32 Å². The van der Waals surface area contributed by atoms with E-state index in [1.54, 1.807) is 43.3 Å². The third-order valence-electron chi connectivity index (χ3n) is 2.98. The number of nitrogens with one attached hydrogen (secondary N) is 2. The van der Waals surface area contributed by atoms with Crippen molar-refractivity contribution in [3.63, 3.8) is 0 Å². The predicted octanol–water partition coefficient (Wildman–Crippen LogP) is 2.94. The largest absolute Gasteiger partial charge is 0.326 e. The molecule has 0 aliphatic rings. The first-order valence-corrected chi connectivity index (χ1v) is 7.07. The summed E-state index contributed by atoms with van der Waals surface area (Å²) in [7, 11) is 0. The molecular formula is C17H16FN3O2. The van der Waals surface area contributed by atoms with Gasteiger partial charge in [-0.05, 0) is 42.0 Å². The summed E-state index contributed by atoms with van der Waals surface area (Å²) in [4.78, 5) is 23.2. The van der Waals surface area contributed by atoms with E-state index in [1.807, 2.05) is 0 Å². The quantitative estimate of drug-likeness (QED) is 0.658. The molecule has 0 saturated heterocycles. The number of halogens is 1. The molecule has 6 heteroatoms. The van der Waals surface area contributed by atoms with E-state index in [1.165, 1.54) is 18.3 Å². The molecule has 0 bridgehead atoms. The van der Waals surface area contributed by atoms with Gasteiger partial charge in [0.15, 0.2) is 0 Å². The van der Waals surface area contributed by atoms with E-state index >= 15 is 0 Å². The van der Waals surface area contributed by atoms with Gasteiger partial charge >= 0.3 is 0 Å². The molecule has 0 aromatic heterocycles. The molecule has 0 saturated carbocycles. The fourth-order valence-electron chi connectivity index (χ4n) is 1.77. The molecule has 2 rings (SSSR count). The van der Waals surface area contributed by atoms with Crippen LogP contribution in [0.4, 0.5) is 10.1 Å². The average molecular weight is 313 g/mol. The molecule has 2 amide bonds. The van der Waals surface area contributed by atoms with Crippen LogP contribution in [0.25, 0.3) is 0 Å². The number of carbonyl (C=O) groups is 2. The molecule has 0 spiro atoms. The van der Waals surface area contributed by atoms with Crippen LogP contribution in [0.5, 0.6) is 0 Å². The summed E-state index contributed by atoms with van der Waals surface area (Å²) in [6.07, 6.45) is 1.74. The second kappa shape index (κ2) is 7.84. The van der Waals surface area contributed by atoms with Crippen LogP contribution in [0.3, 0.4) is 0 Å². The summed E-state index contributed by atoms with van der Waals surface area (Å²) in [5.41, 5.74) is 3.92. The van der Waals surface area contributed by atoms with Crippen LogP contribution in [0.2, 0.25) is 0 Å². The molecule has 0 aliphatic heterocycles. The van der Waals surface area contributed by atoms with Gasteiger partial charge in [0.05, 0.1) is 6.21 Å². The fourth-order valence-corrected chi connectivity index (χ4v) is 1.77.